The Morgan fingerprint density at radius 1 is 1.18 bits per heavy atom. The molecule has 0 aliphatic rings. The van der Waals surface area contributed by atoms with E-state index in [1.165, 1.54) is 12.1 Å². The Morgan fingerprint density at radius 2 is 1.86 bits per heavy atom. The lowest BCUT2D eigenvalue weighted by atomic mass is 10.2. The minimum absolute atomic E-state index is 0.167. The summed E-state index contributed by atoms with van der Waals surface area (Å²) < 4.78 is 13.1. The van der Waals surface area contributed by atoms with Gasteiger partial charge in [-0.3, -0.25) is 9.69 Å². The van der Waals surface area contributed by atoms with Crippen molar-refractivity contribution in [1.29, 1.82) is 0 Å². The topological polar surface area (TPSA) is 32.3 Å². The molecule has 2 aromatic rings. The van der Waals surface area contributed by atoms with Gasteiger partial charge in [0.1, 0.15) is 5.82 Å². The highest BCUT2D eigenvalue weighted by Crippen LogP contribution is 2.22. The summed E-state index contributed by atoms with van der Waals surface area (Å²) in [5.74, 6) is -0.485. The van der Waals surface area contributed by atoms with Crippen molar-refractivity contribution in [1.82, 2.24) is 4.90 Å². The molecule has 0 aliphatic carbocycles. The Morgan fingerprint density at radius 3 is 2.50 bits per heavy atom. The van der Waals surface area contributed by atoms with Gasteiger partial charge in [0.05, 0.1) is 6.54 Å². The number of nitrogens with one attached hydrogen (secondary N) is 1. The van der Waals surface area contributed by atoms with Gasteiger partial charge in [-0.2, -0.15) is 0 Å². The van der Waals surface area contributed by atoms with Gasteiger partial charge in [-0.1, -0.05) is 35.3 Å². The molecule has 0 spiro atoms. The van der Waals surface area contributed by atoms with Gasteiger partial charge in [0, 0.05) is 22.3 Å². The number of nitrogens with zero attached hydrogens (tertiary/aromatic N) is 1. The summed E-state index contributed by atoms with van der Waals surface area (Å²) in [5.41, 5.74) is 1.35. The third-order valence-electron chi connectivity index (χ3n) is 2.90. The fraction of sp³-hybridized carbons (Fsp3) is 0.188. The van der Waals surface area contributed by atoms with Crippen LogP contribution in [0.2, 0.25) is 10.0 Å². The van der Waals surface area contributed by atoms with Crippen LogP contribution in [0.1, 0.15) is 5.56 Å². The van der Waals surface area contributed by atoms with E-state index in [4.69, 9.17) is 23.2 Å². The molecule has 116 valence electrons. The smallest absolute Gasteiger partial charge is 0.238 e. The summed E-state index contributed by atoms with van der Waals surface area (Å²) in [5, 5.41) is 3.64. The molecule has 0 aliphatic heterocycles. The molecule has 3 nitrogen and oxygen atoms in total. The van der Waals surface area contributed by atoms with Crippen molar-refractivity contribution < 1.29 is 9.18 Å². The lowest BCUT2D eigenvalue weighted by Crippen LogP contribution is -2.29. The van der Waals surface area contributed by atoms with Crippen molar-refractivity contribution in [2.45, 2.75) is 6.54 Å². The average Bonchev–Trinajstić information content (AvgIpc) is 2.36. The number of carbonyl (C=O) groups is 1. The summed E-state index contributed by atoms with van der Waals surface area (Å²) in [7, 11) is 1.79. The molecule has 1 amide bonds. The molecule has 2 aromatic carbocycles. The zero-order valence-corrected chi connectivity index (χ0v) is 13.5. The van der Waals surface area contributed by atoms with Crippen LogP contribution in [0, 0.1) is 5.82 Å². The average molecular weight is 341 g/mol. The van der Waals surface area contributed by atoms with Gasteiger partial charge in [0.15, 0.2) is 0 Å². The number of likely N-dealkylation sites (N-methyl/N-ethyl adjacent to an activating group) is 1. The van der Waals surface area contributed by atoms with Gasteiger partial charge >= 0.3 is 0 Å². The van der Waals surface area contributed by atoms with Crippen molar-refractivity contribution in [3.05, 3.63) is 63.9 Å². The van der Waals surface area contributed by atoms with E-state index < -0.39 is 0 Å². The third-order valence-corrected chi connectivity index (χ3v) is 3.34. The number of carbonyl (C=O) groups excluding carboxylic acids is 1. The highest BCUT2D eigenvalue weighted by Gasteiger charge is 2.09. The number of amides is 1. The number of hydrogen-bond acceptors (Lipinski definition) is 2. The summed E-state index contributed by atoms with van der Waals surface area (Å²) >= 11 is 11.8. The largest absolute Gasteiger partial charge is 0.325 e. The zero-order valence-electron chi connectivity index (χ0n) is 11.9. The fourth-order valence-electron chi connectivity index (χ4n) is 2.07. The third kappa shape index (κ3) is 5.30. The fourth-order valence-corrected chi connectivity index (χ4v) is 2.60. The molecule has 6 heteroatoms. The summed E-state index contributed by atoms with van der Waals surface area (Å²) in [6.45, 7) is 0.641. The van der Waals surface area contributed by atoms with E-state index in [1.807, 2.05) is 6.07 Å². The van der Waals surface area contributed by atoms with Gasteiger partial charge < -0.3 is 5.32 Å². The molecule has 0 bridgehead atoms. The lowest BCUT2D eigenvalue weighted by molar-refractivity contribution is -0.117. The highest BCUT2D eigenvalue weighted by atomic mass is 35.5. The SMILES string of the molecule is CN(CC(=O)Nc1cc(Cl)cc(Cl)c1)Cc1cccc(F)c1. The molecule has 22 heavy (non-hydrogen) atoms. The molecule has 2 rings (SSSR count). The molecule has 0 radical (unpaired) electrons. The Labute approximate surface area is 138 Å². The first-order valence-electron chi connectivity index (χ1n) is 6.61. The van der Waals surface area contributed by atoms with Crippen LogP contribution >= 0.6 is 23.2 Å². The van der Waals surface area contributed by atoms with Crippen molar-refractivity contribution in [2.24, 2.45) is 0 Å². The van der Waals surface area contributed by atoms with Crippen molar-refractivity contribution >= 4 is 34.8 Å². The molecule has 0 unspecified atom stereocenters. The summed E-state index contributed by atoms with van der Waals surface area (Å²) in [6.07, 6.45) is 0. The van der Waals surface area contributed by atoms with E-state index >= 15 is 0 Å². The first-order valence-corrected chi connectivity index (χ1v) is 7.37. The summed E-state index contributed by atoms with van der Waals surface area (Å²) in [4.78, 5) is 13.8. The van der Waals surface area contributed by atoms with Gasteiger partial charge in [-0.25, -0.2) is 4.39 Å². The Bertz CT molecular complexity index is 659. The maximum atomic E-state index is 13.1. The van der Waals surface area contributed by atoms with Crippen LogP contribution in [0.25, 0.3) is 0 Å². The van der Waals surface area contributed by atoms with Crippen LogP contribution in [-0.4, -0.2) is 24.4 Å². The van der Waals surface area contributed by atoms with Crippen LogP contribution in [0.5, 0.6) is 0 Å². The number of hydrogen-bond donors (Lipinski definition) is 1. The minimum Gasteiger partial charge on any atom is -0.325 e. The molecular formula is C16H15Cl2FN2O. The maximum absolute atomic E-state index is 13.1. The van der Waals surface area contributed by atoms with Gasteiger partial charge in [0.2, 0.25) is 5.91 Å². The predicted octanol–water partition coefficient (Wildman–Crippen LogP) is 4.20. The maximum Gasteiger partial charge on any atom is 0.238 e. The molecule has 0 heterocycles. The Balaban J connectivity index is 1.91. The first-order chi connectivity index (χ1) is 10.4. The molecule has 0 saturated carbocycles. The Hall–Kier alpha value is -1.62. The first kappa shape index (κ1) is 16.7. The van der Waals surface area contributed by atoms with Crippen LogP contribution in [-0.2, 0) is 11.3 Å². The number of rotatable bonds is 5. The van der Waals surface area contributed by atoms with Crippen LogP contribution in [0.3, 0.4) is 0 Å². The highest BCUT2D eigenvalue weighted by molar-refractivity contribution is 6.35. The van der Waals surface area contributed by atoms with Crippen molar-refractivity contribution in [3.63, 3.8) is 0 Å². The van der Waals surface area contributed by atoms with E-state index in [2.05, 4.69) is 5.32 Å². The molecule has 0 saturated heterocycles. The molecule has 0 aromatic heterocycles. The lowest BCUT2D eigenvalue weighted by Gasteiger charge is -2.16. The summed E-state index contributed by atoms with van der Waals surface area (Å²) in [6, 6.07) is 11.1. The van der Waals surface area contributed by atoms with E-state index in [1.54, 1.807) is 36.2 Å². The second kappa shape index (κ2) is 7.58. The molecular weight excluding hydrogens is 326 g/mol. The van der Waals surface area contributed by atoms with Gasteiger partial charge in [-0.15, -0.1) is 0 Å². The second-order valence-electron chi connectivity index (χ2n) is 5.01. The minimum atomic E-state index is -0.288. The molecule has 0 fully saturated rings. The van der Waals surface area contributed by atoms with Crippen molar-refractivity contribution in [2.75, 3.05) is 18.9 Å². The van der Waals surface area contributed by atoms with E-state index in [0.717, 1.165) is 5.56 Å². The van der Waals surface area contributed by atoms with E-state index in [0.29, 0.717) is 22.3 Å². The Kier molecular flexibility index (Phi) is 5.77. The standard InChI is InChI=1S/C16H15Cl2FN2O/c1-21(9-11-3-2-4-14(19)5-11)10-16(22)20-15-7-12(17)6-13(18)8-15/h2-8H,9-10H2,1H3,(H,20,22). The normalized spacial score (nSPS) is 10.8. The van der Waals surface area contributed by atoms with Crippen LogP contribution in [0.15, 0.2) is 42.5 Å². The van der Waals surface area contributed by atoms with Crippen LogP contribution < -0.4 is 5.32 Å². The molecule has 0 atom stereocenters. The van der Waals surface area contributed by atoms with Crippen molar-refractivity contribution in [3.8, 4) is 0 Å². The number of anilines is 1. The monoisotopic (exact) mass is 340 g/mol. The van der Waals surface area contributed by atoms with Gasteiger partial charge in [-0.05, 0) is 42.9 Å². The number of halogens is 3. The number of benzene rings is 2. The van der Waals surface area contributed by atoms with Crippen LogP contribution in [0.4, 0.5) is 10.1 Å². The van der Waals surface area contributed by atoms with E-state index in [9.17, 15) is 9.18 Å². The van der Waals surface area contributed by atoms with Gasteiger partial charge in [0.25, 0.3) is 0 Å². The second-order valence-corrected chi connectivity index (χ2v) is 5.88. The van der Waals surface area contributed by atoms with E-state index in [-0.39, 0.29) is 18.3 Å². The molecule has 1 N–H and O–H groups in total. The predicted molar refractivity (Wildman–Crippen MR) is 87.8 cm³/mol. The zero-order chi connectivity index (χ0) is 16.1. The quantitative estimate of drug-likeness (QED) is 0.884.